The van der Waals surface area contributed by atoms with Crippen molar-refractivity contribution in [3.8, 4) is 11.5 Å². The smallest absolute Gasteiger partial charge is 0.255 e. The van der Waals surface area contributed by atoms with E-state index in [1.165, 1.54) is 13.2 Å². The van der Waals surface area contributed by atoms with E-state index in [9.17, 15) is 22.8 Å². The molecule has 1 aliphatic rings. The van der Waals surface area contributed by atoms with Crippen LogP contribution in [0.5, 0.6) is 11.5 Å². The van der Waals surface area contributed by atoms with Crippen LogP contribution in [-0.2, 0) is 19.6 Å². The summed E-state index contributed by atoms with van der Waals surface area (Å²) < 4.78 is 37.6. The Morgan fingerprint density at radius 3 is 2.77 bits per heavy atom. The van der Waals surface area contributed by atoms with Crippen molar-refractivity contribution in [2.45, 2.75) is 29.5 Å². The molecule has 0 spiro atoms. The molecule has 190 valence electrons. The Balaban J connectivity index is 1.60. The highest BCUT2D eigenvalue weighted by atomic mass is 32.2. The molecule has 0 aliphatic carbocycles. The largest absolute Gasteiger partial charge is 0.497 e. The van der Waals surface area contributed by atoms with Crippen molar-refractivity contribution in [2.75, 3.05) is 33.4 Å². The molecule has 11 nitrogen and oxygen atoms in total. The first-order valence-corrected chi connectivity index (χ1v) is 13.4. The van der Waals surface area contributed by atoms with Gasteiger partial charge in [-0.3, -0.25) is 14.4 Å². The lowest BCUT2D eigenvalue weighted by atomic mass is 10.1. The van der Waals surface area contributed by atoms with Gasteiger partial charge in [-0.1, -0.05) is 6.07 Å². The van der Waals surface area contributed by atoms with Gasteiger partial charge >= 0.3 is 0 Å². The molecule has 0 unspecified atom stereocenters. The molecule has 0 bridgehead atoms. The van der Waals surface area contributed by atoms with Crippen LogP contribution in [0.1, 0.15) is 29.6 Å². The van der Waals surface area contributed by atoms with Crippen molar-refractivity contribution >= 4 is 39.1 Å². The zero-order chi connectivity index (χ0) is 25.3. The van der Waals surface area contributed by atoms with E-state index in [0.717, 1.165) is 11.3 Å². The van der Waals surface area contributed by atoms with Crippen molar-refractivity contribution in [3.05, 3.63) is 41.3 Å². The lowest BCUT2D eigenvalue weighted by Gasteiger charge is -2.20. The van der Waals surface area contributed by atoms with E-state index in [1.54, 1.807) is 29.6 Å². The third-order valence-corrected chi connectivity index (χ3v) is 7.93. The maximum atomic E-state index is 12.7. The summed E-state index contributed by atoms with van der Waals surface area (Å²) >= 11 is 1.04. The number of rotatable bonds is 6. The Hall–Kier alpha value is -3.16. The maximum absolute atomic E-state index is 12.7. The number of sulfonamides is 1. The number of carbonyl (C=O) groups is 3. The molecule has 13 heteroatoms. The summed E-state index contributed by atoms with van der Waals surface area (Å²) in [7, 11) is -2.29. The maximum Gasteiger partial charge on any atom is 0.255 e. The molecule has 0 saturated heterocycles. The van der Waals surface area contributed by atoms with Crippen LogP contribution >= 0.6 is 11.3 Å². The van der Waals surface area contributed by atoms with E-state index < -0.39 is 34.4 Å². The molecule has 0 radical (unpaired) electrons. The number of hydrogen-bond acceptors (Lipinski definition) is 8. The van der Waals surface area contributed by atoms with Gasteiger partial charge in [-0.25, -0.2) is 13.1 Å². The van der Waals surface area contributed by atoms with Crippen LogP contribution in [0.3, 0.4) is 0 Å². The second-order valence-electron chi connectivity index (χ2n) is 7.63. The Bertz CT molecular complexity index is 1140. The third-order valence-electron chi connectivity index (χ3n) is 5.13. The Kier molecular flexibility index (Phi) is 9.46. The van der Waals surface area contributed by atoms with Crippen LogP contribution in [0.2, 0.25) is 0 Å². The molecule has 0 saturated carbocycles. The van der Waals surface area contributed by atoms with Crippen LogP contribution < -0.4 is 30.1 Å². The summed E-state index contributed by atoms with van der Waals surface area (Å²) in [6.07, 6.45) is 1.44. The molecule has 1 aromatic carbocycles. The Labute approximate surface area is 207 Å². The predicted molar refractivity (Wildman–Crippen MR) is 129 cm³/mol. The molecule has 3 rings (SSSR count). The SMILES string of the molecule is COc1ccc2c(c1)OCCNC(=O)[C@@H](NC(=O)CNS(=O)(=O)c1cccs1)CCCCNC2=O. The van der Waals surface area contributed by atoms with E-state index in [2.05, 4.69) is 20.7 Å². The number of nitrogens with one attached hydrogen (secondary N) is 4. The van der Waals surface area contributed by atoms with E-state index in [4.69, 9.17) is 9.47 Å². The van der Waals surface area contributed by atoms with Crippen LogP contribution in [0.25, 0.3) is 0 Å². The lowest BCUT2D eigenvalue weighted by molar-refractivity contribution is -0.128. The highest BCUT2D eigenvalue weighted by Crippen LogP contribution is 2.25. The number of carbonyl (C=O) groups excluding carboxylic acids is 3. The van der Waals surface area contributed by atoms with Gasteiger partial charge < -0.3 is 25.4 Å². The molecule has 2 aromatic rings. The normalized spacial score (nSPS) is 17.7. The number of ether oxygens (including phenoxy) is 2. The van der Waals surface area contributed by atoms with Crippen LogP contribution in [0.4, 0.5) is 0 Å². The summed E-state index contributed by atoms with van der Waals surface area (Å²) in [5, 5.41) is 9.74. The molecular weight excluding hydrogens is 496 g/mol. The summed E-state index contributed by atoms with van der Waals surface area (Å²) in [4.78, 5) is 37.6. The van der Waals surface area contributed by atoms with E-state index in [-0.39, 0.29) is 23.3 Å². The molecule has 1 atom stereocenters. The highest BCUT2D eigenvalue weighted by Gasteiger charge is 2.23. The van der Waals surface area contributed by atoms with Gasteiger partial charge in [-0.15, -0.1) is 11.3 Å². The number of fused-ring (bicyclic) bond motifs is 1. The first-order valence-electron chi connectivity index (χ1n) is 11.0. The number of methoxy groups -OCH3 is 1. The average molecular weight is 525 g/mol. The molecule has 1 aliphatic heterocycles. The van der Waals surface area contributed by atoms with Gasteiger partial charge in [0, 0.05) is 12.6 Å². The Morgan fingerprint density at radius 1 is 1.20 bits per heavy atom. The Morgan fingerprint density at radius 2 is 2.03 bits per heavy atom. The molecule has 2 heterocycles. The topological polar surface area (TPSA) is 152 Å². The fourth-order valence-electron chi connectivity index (χ4n) is 3.33. The van der Waals surface area contributed by atoms with Gasteiger partial charge in [0.15, 0.2) is 0 Å². The predicted octanol–water partition coefficient (Wildman–Crippen LogP) is 0.629. The fourth-order valence-corrected chi connectivity index (χ4v) is 5.35. The minimum atomic E-state index is -3.80. The second-order valence-corrected chi connectivity index (χ2v) is 10.6. The summed E-state index contributed by atoms with van der Waals surface area (Å²) in [6, 6.07) is 7.06. The zero-order valence-corrected chi connectivity index (χ0v) is 20.8. The number of thiophene rings is 1. The highest BCUT2D eigenvalue weighted by molar-refractivity contribution is 7.91. The number of amides is 3. The number of hydrogen-bond donors (Lipinski definition) is 4. The summed E-state index contributed by atoms with van der Waals surface area (Å²) in [5.74, 6) is -0.464. The standard InChI is InChI=1S/C22H28N4O7S2/c1-32-15-7-8-16-18(13-15)33-11-10-24-22(29)17(5-2-3-9-23-21(16)28)26-19(27)14-25-35(30,31)20-6-4-12-34-20/h4,6-8,12-13,17,25H,2-3,5,9-11,14H2,1H3,(H,23,28)(H,24,29)(H,26,27)/t17-/m0/s1. The lowest BCUT2D eigenvalue weighted by Crippen LogP contribution is -2.50. The van der Waals surface area contributed by atoms with Crippen molar-refractivity contribution < 1.29 is 32.3 Å². The van der Waals surface area contributed by atoms with Gasteiger partial charge in [-0.05, 0) is 42.8 Å². The second kappa shape index (κ2) is 12.5. The first-order chi connectivity index (χ1) is 16.8. The van der Waals surface area contributed by atoms with Gasteiger partial charge in [0.2, 0.25) is 11.8 Å². The third kappa shape index (κ3) is 7.67. The summed E-state index contributed by atoms with van der Waals surface area (Å²) in [5.41, 5.74) is 0.365. The molecule has 35 heavy (non-hydrogen) atoms. The van der Waals surface area contributed by atoms with Gasteiger partial charge in [0.25, 0.3) is 15.9 Å². The van der Waals surface area contributed by atoms with E-state index in [0.29, 0.717) is 42.9 Å². The average Bonchev–Trinajstić information content (AvgIpc) is 3.40. The quantitative estimate of drug-likeness (QED) is 0.433. The van der Waals surface area contributed by atoms with Crippen molar-refractivity contribution in [1.29, 1.82) is 0 Å². The fraction of sp³-hybridized carbons (Fsp3) is 0.409. The number of benzene rings is 1. The van der Waals surface area contributed by atoms with Gasteiger partial charge in [0.1, 0.15) is 28.4 Å². The molecular formula is C22H28N4O7S2. The molecule has 3 amide bonds. The van der Waals surface area contributed by atoms with Crippen LogP contribution in [0.15, 0.2) is 39.9 Å². The van der Waals surface area contributed by atoms with Gasteiger partial charge in [0.05, 0.1) is 25.8 Å². The monoisotopic (exact) mass is 524 g/mol. The van der Waals surface area contributed by atoms with Crippen LogP contribution in [-0.4, -0.2) is 65.5 Å². The molecule has 1 aromatic heterocycles. The first kappa shape index (κ1) is 26.4. The van der Waals surface area contributed by atoms with Crippen LogP contribution in [0, 0.1) is 0 Å². The van der Waals surface area contributed by atoms with E-state index >= 15 is 0 Å². The van der Waals surface area contributed by atoms with Crippen molar-refractivity contribution in [3.63, 3.8) is 0 Å². The minimum absolute atomic E-state index is 0.0838. The molecule has 4 N–H and O–H groups in total. The molecule has 0 fully saturated rings. The minimum Gasteiger partial charge on any atom is -0.497 e. The summed E-state index contributed by atoms with van der Waals surface area (Å²) in [6.45, 7) is 0.0872. The van der Waals surface area contributed by atoms with Crippen molar-refractivity contribution in [2.24, 2.45) is 0 Å². The van der Waals surface area contributed by atoms with Gasteiger partial charge in [-0.2, -0.15) is 0 Å². The zero-order valence-electron chi connectivity index (χ0n) is 19.2. The van der Waals surface area contributed by atoms with E-state index in [1.807, 2.05) is 0 Å². The van der Waals surface area contributed by atoms with Crippen molar-refractivity contribution in [1.82, 2.24) is 20.7 Å².